The van der Waals surface area contributed by atoms with E-state index < -0.39 is 0 Å². The lowest BCUT2D eigenvalue weighted by molar-refractivity contribution is 0.130. The monoisotopic (exact) mass is 238 g/mol. The zero-order valence-corrected chi connectivity index (χ0v) is 11.2. The van der Waals surface area contributed by atoms with E-state index in [9.17, 15) is 5.11 Å². The summed E-state index contributed by atoms with van der Waals surface area (Å²) in [5.41, 5.74) is 8.02. The number of rotatable bonds is 4. The molecule has 0 aromatic rings. The molecule has 0 spiro atoms. The molecular formula is C14H26N2O. The maximum atomic E-state index is 9.88. The number of nitrogens with one attached hydrogen (secondary N) is 1. The fraction of sp³-hybridized carbons (Fsp3) is 0.714. The molecule has 3 heteroatoms. The predicted molar refractivity (Wildman–Crippen MR) is 72.5 cm³/mol. The molecule has 3 nitrogen and oxygen atoms in total. The van der Waals surface area contributed by atoms with Crippen molar-refractivity contribution in [2.24, 2.45) is 17.6 Å². The Morgan fingerprint density at radius 3 is 2.94 bits per heavy atom. The van der Waals surface area contributed by atoms with Crippen LogP contribution in [0.5, 0.6) is 0 Å². The summed E-state index contributed by atoms with van der Waals surface area (Å²) in [6, 6.07) is 0. The molecule has 1 unspecified atom stereocenters. The molecule has 17 heavy (non-hydrogen) atoms. The van der Waals surface area contributed by atoms with Gasteiger partial charge >= 0.3 is 0 Å². The largest absolute Gasteiger partial charge is 0.399 e. The van der Waals surface area contributed by atoms with Gasteiger partial charge in [-0.15, -0.1) is 0 Å². The highest BCUT2D eigenvalue weighted by atomic mass is 16.3. The molecule has 0 bridgehead atoms. The highest BCUT2D eigenvalue weighted by Gasteiger charge is 2.20. The maximum absolute atomic E-state index is 9.88. The first-order valence-corrected chi connectivity index (χ1v) is 6.51. The second-order valence-electron chi connectivity index (χ2n) is 5.15. The third kappa shape index (κ3) is 4.52. The Labute approximate surface area is 105 Å². The Hall–Kier alpha value is -0.800. The van der Waals surface area contributed by atoms with Gasteiger partial charge in [-0.05, 0) is 50.6 Å². The van der Waals surface area contributed by atoms with Crippen LogP contribution in [-0.2, 0) is 0 Å². The van der Waals surface area contributed by atoms with E-state index in [1.54, 1.807) is 0 Å². The van der Waals surface area contributed by atoms with Crippen molar-refractivity contribution in [2.75, 3.05) is 13.6 Å². The first-order chi connectivity index (χ1) is 8.04. The number of likely N-dealkylation sites (N-methyl/N-ethyl adjacent to an activating group) is 1. The van der Waals surface area contributed by atoms with Gasteiger partial charge in [-0.1, -0.05) is 19.1 Å². The topological polar surface area (TPSA) is 58.3 Å². The van der Waals surface area contributed by atoms with Gasteiger partial charge in [0.05, 0.1) is 6.10 Å². The summed E-state index contributed by atoms with van der Waals surface area (Å²) < 4.78 is 0. The Balaban J connectivity index is 2.63. The van der Waals surface area contributed by atoms with Crippen molar-refractivity contribution in [3.8, 4) is 0 Å². The van der Waals surface area contributed by atoms with Crippen LogP contribution in [0.25, 0.3) is 0 Å². The van der Waals surface area contributed by atoms with E-state index in [2.05, 4.69) is 31.3 Å². The minimum atomic E-state index is -0.248. The summed E-state index contributed by atoms with van der Waals surface area (Å²) in [6.45, 7) is 4.96. The van der Waals surface area contributed by atoms with Gasteiger partial charge in [0, 0.05) is 12.2 Å². The zero-order valence-electron chi connectivity index (χ0n) is 11.2. The highest BCUT2D eigenvalue weighted by molar-refractivity contribution is 5.27. The minimum Gasteiger partial charge on any atom is -0.399 e. The summed E-state index contributed by atoms with van der Waals surface area (Å²) >= 11 is 0. The summed E-state index contributed by atoms with van der Waals surface area (Å²) in [7, 11) is 1.87. The van der Waals surface area contributed by atoms with Crippen molar-refractivity contribution in [2.45, 2.75) is 39.2 Å². The number of allylic oxidation sites excluding steroid dienone is 3. The average molecular weight is 238 g/mol. The fourth-order valence-corrected chi connectivity index (χ4v) is 2.50. The van der Waals surface area contributed by atoms with E-state index in [0.29, 0.717) is 18.4 Å². The van der Waals surface area contributed by atoms with Crippen molar-refractivity contribution < 1.29 is 5.11 Å². The molecule has 98 valence electrons. The Kier molecular flexibility index (Phi) is 5.72. The van der Waals surface area contributed by atoms with Crippen molar-refractivity contribution in [1.82, 2.24) is 5.32 Å². The maximum Gasteiger partial charge on any atom is 0.0667 e. The third-order valence-corrected chi connectivity index (χ3v) is 3.63. The smallest absolute Gasteiger partial charge is 0.0667 e. The second-order valence-corrected chi connectivity index (χ2v) is 5.15. The van der Waals surface area contributed by atoms with Crippen LogP contribution in [0.4, 0.5) is 0 Å². The molecule has 0 saturated carbocycles. The molecular weight excluding hydrogens is 212 g/mol. The van der Waals surface area contributed by atoms with Gasteiger partial charge in [0.15, 0.2) is 0 Å². The molecule has 0 radical (unpaired) electrons. The quantitative estimate of drug-likeness (QED) is 0.700. The molecule has 1 rings (SSSR count). The van der Waals surface area contributed by atoms with Crippen molar-refractivity contribution in [1.29, 1.82) is 0 Å². The van der Waals surface area contributed by atoms with E-state index in [1.807, 2.05) is 7.05 Å². The number of nitrogens with two attached hydrogens (primary N) is 1. The normalized spacial score (nSPS) is 33.9. The van der Waals surface area contributed by atoms with E-state index >= 15 is 0 Å². The van der Waals surface area contributed by atoms with Gasteiger partial charge in [0.1, 0.15) is 0 Å². The highest BCUT2D eigenvalue weighted by Crippen LogP contribution is 2.28. The predicted octanol–water partition coefficient (Wildman–Crippen LogP) is 1.79. The van der Waals surface area contributed by atoms with Crippen LogP contribution in [0.3, 0.4) is 0 Å². The van der Waals surface area contributed by atoms with Crippen LogP contribution in [0.15, 0.2) is 23.4 Å². The molecule has 0 aromatic heterocycles. The first kappa shape index (κ1) is 14.3. The molecule has 0 aliphatic heterocycles. The van der Waals surface area contributed by atoms with Crippen molar-refractivity contribution in [3.63, 3.8) is 0 Å². The summed E-state index contributed by atoms with van der Waals surface area (Å²) in [5, 5.41) is 12.9. The zero-order chi connectivity index (χ0) is 12.8. The molecule has 0 amide bonds. The van der Waals surface area contributed by atoms with Crippen LogP contribution >= 0.6 is 0 Å². The summed E-state index contributed by atoms with van der Waals surface area (Å²) in [4.78, 5) is 0. The second kappa shape index (κ2) is 6.82. The lowest BCUT2D eigenvalue weighted by atomic mass is 9.82. The van der Waals surface area contributed by atoms with Gasteiger partial charge in [0.2, 0.25) is 0 Å². The van der Waals surface area contributed by atoms with E-state index in [1.165, 1.54) is 5.57 Å². The lowest BCUT2D eigenvalue weighted by Crippen LogP contribution is -2.28. The molecule has 1 aliphatic carbocycles. The van der Waals surface area contributed by atoms with E-state index in [4.69, 9.17) is 5.73 Å². The number of aliphatic hydroxyl groups excluding tert-OH is 1. The number of aliphatic hydroxyl groups is 1. The van der Waals surface area contributed by atoms with Crippen LogP contribution < -0.4 is 11.1 Å². The van der Waals surface area contributed by atoms with Crippen LogP contribution in [0, 0.1) is 11.8 Å². The van der Waals surface area contributed by atoms with Gasteiger partial charge in [0.25, 0.3) is 0 Å². The molecule has 0 saturated heterocycles. The van der Waals surface area contributed by atoms with Crippen LogP contribution in [-0.4, -0.2) is 24.8 Å². The van der Waals surface area contributed by atoms with Crippen molar-refractivity contribution in [3.05, 3.63) is 23.4 Å². The lowest BCUT2D eigenvalue weighted by Gasteiger charge is -2.26. The number of hydrogen-bond donors (Lipinski definition) is 3. The number of hydrogen-bond acceptors (Lipinski definition) is 3. The third-order valence-electron chi connectivity index (χ3n) is 3.63. The molecule has 0 heterocycles. The van der Waals surface area contributed by atoms with Crippen LogP contribution in [0.1, 0.15) is 33.1 Å². The van der Waals surface area contributed by atoms with E-state index in [0.717, 1.165) is 25.0 Å². The molecule has 1 aliphatic rings. The van der Waals surface area contributed by atoms with Gasteiger partial charge in [-0.3, -0.25) is 0 Å². The van der Waals surface area contributed by atoms with Gasteiger partial charge in [-0.2, -0.15) is 0 Å². The average Bonchev–Trinajstić information content (AvgIpc) is 2.26. The van der Waals surface area contributed by atoms with E-state index in [-0.39, 0.29) is 6.10 Å². The Morgan fingerprint density at radius 1 is 1.59 bits per heavy atom. The molecule has 3 atom stereocenters. The minimum absolute atomic E-state index is 0.248. The Bertz CT molecular complexity index is 297. The summed E-state index contributed by atoms with van der Waals surface area (Å²) in [6.07, 6.45) is 7.07. The van der Waals surface area contributed by atoms with Crippen molar-refractivity contribution >= 4 is 0 Å². The van der Waals surface area contributed by atoms with Crippen LogP contribution in [0.2, 0.25) is 0 Å². The molecule has 0 aromatic carbocycles. The first-order valence-electron chi connectivity index (χ1n) is 6.51. The Morgan fingerprint density at radius 2 is 2.29 bits per heavy atom. The van der Waals surface area contributed by atoms with Gasteiger partial charge in [-0.25, -0.2) is 0 Å². The standard InChI is InChI=1S/C14H26N2O/c1-10-7-11(2)14(15)6-4-5-12(10)8-13(17)9-16-3/h6-7,10,12-13,16-17H,4-5,8-9,15H2,1-3H3/b11-7-,14-6+/t10-,12?,13-/m0/s1. The SMILES string of the molecule is CNC[C@@H](O)CC1CC/C=C(N)\C(C)=C/[C@@H]1C. The molecule has 4 N–H and O–H groups in total. The van der Waals surface area contributed by atoms with Gasteiger partial charge < -0.3 is 16.2 Å². The summed E-state index contributed by atoms with van der Waals surface area (Å²) in [5.74, 6) is 1.02. The molecule has 0 fully saturated rings. The fourth-order valence-electron chi connectivity index (χ4n) is 2.50.